The van der Waals surface area contributed by atoms with Gasteiger partial charge < -0.3 is 5.73 Å². The normalized spacial score (nSPS) is 15.1. The molecule has 0 aliphatic carbocycles. The monoisotopic (exact) mass is 221 g/mol. The van der Waals surface area contributed by atoms with Gasteiger partial charge in [0.25, 0.3) is 0 Å². The summed E-state index contributed by atoms with van der Waals surface area (Å²) in [7, 11) is -3.33. The van der Waals surface area contributed by atoms with E-state index in [1.165, 1.54) is 0 Å². The molecule has 0 bridgehead atoms. The van der Waals surface area contributed by atoms with Gasteiger partial charge in [0.1, 0.15) is 0 Å². The van der Waals surface area contributed by atoms with Crippen molar-refractivity contribution in [2.45, 2.75) is 32.4 Å². The maximum absolute atomic E-state index is 11.6. The van der Waals surface area contributed by atoms with Gasteiger partial charge >= 0.3 is 0 Å². The van der Waals surface area contributed by atoms with Gasteiger partial charge in [-0.25, -0.2) is 13.1 Å². The van der Waals surface area contributed by atoms with Gasteiger partial charge in [-0.05, 0) is 20.8 Å². The highest BCUT2D eigenvalue weighted by molar-refractivity contribution is 7.90. The Balaban J connectivity index is 4.36. The Kier molecular flexibility index (Phi) is 4.08. The first-order chi connectivity index (χ1) is 6.08. The third-order valence-corrected chi connectivity index (χ3v) is 4.08. The van der Waals surface area contributed by atoms with Gasteiger partial charge in [-0.2, -0.15) is 0 Å². The van der Waals surface area contributed by atoms with E-state index in [-0.39, 0.29) is 18.3 Å². The van der Waals surface area contributed by atoms with Crippen molar-refractivity contribution in [1.82, 2.24) is 4.72 Å². The standard InChI is InChI=1S/C8H19N3O2S/c1-6(7(9)10)5-11-14(12,13)8(2,3)4/h6,11H,5H2,1-4H3,(H3,9,10). The SMILES string of the molecule is CC(CNS(=O)(=O)C(C)(C)C)C(=N)N. The number of hydrogen-bond acceptors (Lipinski definition) is 3. The molecule has 0 aromatic heterocycles. The molecule has 0 aromatic rings. The Hall–Kier alpha value is -0.620. The highest BCUT2D eigenvalue weighted by Gasteiger charge is 2.28. The Morgan fingerprint density at radius 2 is 1.93 bits per heavy atom. The van der Waals surface area contributed by atoms with Gasteiger partial charge in [-0.15, -0.1) is 0 Å². The van der Waals surface area contributed by atoms with Crippen LogP contribution in [-0.2, 0) is 10.0 Å². The van der Waals surface area contributed by atoms with Crippen molar-refractivity contribution >= 4 is 15.9 Å². The molecule has 6 heteroatoms. The van der Waals surface area contributed by atoms with Crippen LogP contribution in [-0.4, -0.2) is 25.5 Å². The quantitative estimate of drug-likeness (QED) is 0.470. The lowest BCUT2D eigenvalue weighted by atomic mass is 10.2. The van der Waals surface area contributed by atoms with Crippen molar-refractivity contribution in [3.8, 4) is 0 Å². The van der Waals surface area contributed by atoms with E-state index in [1.807, 2.05) is 0 Å². The van der Waals surface area contributed by atoms with Crippen LogP contribution in [0.15, 0.2) is 0 Å². The molecule has 0 aliphatic rings. The third-order valence-electron chi connectivity index (χ3n) is 1.92. The Morgan fingerprint density at radius 3 is 2.21 bits per heavy atom. The fourth-order valence-corrected chi connectivity index (χ4v) is 1.46. The second kappa shape index (κ2) is 4.27. The van der Waals surface area contributed by atoms with Crippen molar-refractivity contribution < 1.29 is 8.42 Å². The van der Waals surface area contributed by atoms with Crippen LogP contribution in [0.2, 0.25) is 0 Å². The van der Waals surface area contributed by atoms with E-state index in [9.17, 15) is 8.42 Å². The lowest BCUT2D eigenvalue weighted by Gasteiger charge is -2.21. The molecule has 0 aliphatic heterocycles. The summed E-state index contributed by atoms with van der Waals surface area (Å²) < 4.78 is 24.7. The van der Waals surface area contributed by atoms with Gasteiger partial charge in [-0.1, -0.05) is 6.92 Å². The largest absolute Gasteiger partial charge is 0.387 e. The van der Waals surface area contributed by atoms with Gasteiger partial charge in [0.05, 0.1) is 10.6 Å². The van der Waals surface area contributed by atoms with Gasteiger partial charge in [-0.3, -0.25) is 5.41 Å². The summed E-state index contributed by atoms with van der Waals surface area (Å²) in [6.07, 6.45) is 0. The first-order valence-electron chi connectivity index (χ1n) is 4.41. The van der Waals surface area contributed by atoms with Crippen LogP contribution in [0, 0.1) is 11.3 Å². The van der Waals surface area contributed by atoms with Crippen molar-refractivity contribution in [2.75, 3.05) is 6.54 Å². The molecule has 0 aromatic carbocycles. The molecule has 1 atom stereocenters. The van der Waals surface area contributed by atoms with Crippen LogP contribution in [0.3, 0.4) is 0 Å². The molecule has 0 saturated heterocycles. The molecular weight excluding hydrogens is 202 g/mol. The maximum Gasteiger partial charge on any atom is 0.216 e. The van der Waals surface area contributed by atoms with E-state index < -0.39 is 14.8 Å². The maximum atomic E-state index is 11.6. The summed E-state index contributed by atoms with van der Waals surface area (Å²) in [6, 6.07) is 0. The van der Waals surface area contributed by atoms with Gasteiger partial charge in [0.2, 0.25) is 10.0 Å². The van der Waals surface area contributed by atoms with E-state index in [0.717, 1.165) is 0 Å². The summed E-state index contributed by atoms with van der Waals surface area (Å²) >= 11 is 0. The lowest BCUT2D eigenvalue weighted by Crippen LogP contribution is -2.42. The van der Waals surface area contributed by atoms with E-state index >= 15 is 0 Å². The minimum atomic E-state index is -3.33. The molecule has 4 N–H and O–H groups in total. The molecule has 14 heavy (non-hydrogen) atoms. The summed E-state index contributed by atoms with van der Waals surface area (Å²) in [5.74, 6) is -0.284. The average molecular weight is 221 g/mol. The van der Waals surface area contributed by atoms with Crippen LogP contribution in [0.25, 0.3) is 0 Å². The number of sulfonamides is 1. The number of nitrogens with two attached hydrogens (primary N) is 1. The number of amidine groups is 1. The Bertz CT molecular complexity index is 303. The predicted molar refractivity (Wildman–Crippen MR) is 57.8 cm³/mol. The van der Waals surface area contributed by atoms with Crippen LogP contribution < -0.4 is 10.5 Å². The van der Waals surface area contributed by atoms with Crippen LogP contribution in [0.5, 0.6) is 0 Å². The predicted octanol–water partition coefficient (Wildman–Crippen LogP) is 0.276. The highest BCUT2D eigenvalue weighted by atomic mass is 32.2. The molecule has 0 saturated carbocycles. The van der Waals surface area contributed by atoms with Crippen LogP contribution in [0.4, 0.5) is 0 Å². The second-order valence-corrected chi connectivity index (χ2v) is 6.84. The molecule has 0 rings (SSSR count). The van der Waals surface area contributed by atoms with Crippen LogP contribution >= 0.6 is 0 Å². The summed E-state index contributed by atoms with van der Waals surface area (Å²) in [6.45, 7) is 6.73. The highest BCUT2D eigenvalue weighted by Crippen LogP contribution is 2.13. The van der Waals surface area contributed by atoms with Crippen molar-refractivity contribution in [2.24, 2.45) is 11.7 Å². The summed E-state index contributed by atoms with van der Waals surface area (Å²) in [4.78, 5) is 0. The third kappa shape index (κ3) is 3.63. The summed E-state index contributed by atoms with van der Waals surface area (Å²) in [5.41, 5.74) is 5.22. The first kappa shape index (κ1) is 13.4. The van der Waals surface area contributed by atoms with Crippen molar-refractivity contribution in [1.29, 1.82) is 5.41 Å². The zero-order valence-corrected chi connectivity index (χ0v) is 9.90. The fourth-order valence-electron chi connectivity index (χ4n) is 0.561. The van der Waals surface area contributed by atoms with Crippen molar-refractivity contribution in [3.63, 3.8) is 0 Å². The molecule has 0 heterocycles. The zero-order valence-electron chi connectivity index (χ0n) is 9.09. The molecule has 1 unspecified atom stereocenters. The topological polar surface area (TPSA) is 96.0 Å². The number of rotatable bonds is 4. The number of hydrogen-bond donors (Lipinski definition) is 3. The minimum Gasteiger partial charge on any atom is -0.387 e. The molecule has 5 nitrogen and oxygen atoms in total. The molecule has 0 spiro atoms. The first-order valence-corrected chi connectivity index (χ1v) is 5.89. The summed E-state index contributed by atoms with van der Waals surface area (Å²) in [5, 5.41) is 7.11. The van der Waals surface area contributed by atoms with Crippen LogP contribution in [0.1, 0.15) is 27.7 Å². The lowest BCUT2D eigenvalue weighted by molar-refractivity contribution is 0.539. The smallest absolute Gasteiger partial charge is 0.216 e. The fraction of sp³-hybridized carbons (Fsp3) is 0.875. The van der Waals surface area contributed by atoms with E-state index in [4.69, 9.17) is 11.1 Å². The van der Waals surface area contributed by atoms with E-state index in [1.54, 1.807) is 27.7 Å². The minimum absolute atomic E-state index is 0.0124. The molecular formula is C8H19N3O2S. The Labute approximate surface area is 85.6 Å². The molecule has 0 radical (unpaired) electrons. The van der Waals surface area contributed by atoms with Gasteiger partial charge in [0, 0.05) is 12.5 Å². The molecule has 84 valence electrons. The molecule has 0 fully saturated rings. The van der Waals surface area contributed by atoms with E-state index in [2.05, 4.69) is 4.72 Å². The van der Waals surface area contributed by atoms with E-state index in [0.29, 0.717) is 0 Å². The number of nitrogens with one attached hydrogen (secondary N) is 2. The van der Waals surface area contributed by atoms with Gasteiger partial charge in [0.15, 0.2) is 0 Å². The average Bonchev–Trinajstić information content (AvgIpc) is 1.97. The Morgan fingerprint density at radius 1 is 1.50 bits per heavy atom. The zero-order chi connectivity index (χ0) is 11.6. The second-order valence-electron chi connectivity index (χ2n) is 4.32. The van der Waals surface area contributed by atoms with Crippen molar-refractivity contribution in [3.05, 3.63) is 0 Å². The molecule has 0 amide bonds.